The zero-order valence-corrected chi connectivity index (χ0v) is 21.3. The van der Waals surface area contributed by atoms with E-state index in [4.69, 9.17) is 4.98 Å². The monoisotopic (exact) mass is 545 g/mol. The number of hydrogen-bond donors (Lipinski definition) is 4. The molecule has 1 atom stereocenters. The number of pyridine rings is 2. The number of aliphatic hydroxyl groups excluding tert-OH is 1. The molecule has 10 heteroatoms. The molecular weight excluding hydrogens is 524 g/mol. The molecule has 0 saturated carbocycles. The predicted octanol–water partition coefficient (Wildman–Crippen LogP) is 6.61. The molecule has 1 unspecified atom stereocenters. The Morgan fingerprint density at radius 1 is 0.854 bits per heavy atom. The van der Waals surface area contributed by atoms with Crippen molar-refractivity contribution >= 4 is 27.8 Å². The molecule has 41 heavy (non-hydrogen) atoms. The molecule has 0 radical (unpaired) electrons. The number of aliphatic hydroxyl groups is 1. The number of halogens is 2. The van der Waals surface area contributed by atoms with Crippen LogP contribution in [-0.2, 0) is 0 Å². The highest BCUT2D eigenvalue weighted by molar-refractivity contribution is 5.97. The van der Waals surface area contributed by atoms with Crippen molar-refractivity contribution < 1.29 is 13.9 Å². The van der Waals surface area contributed by atoms with Crippen molar-refractivity contribution in [3.05, 3.63) is 115 Å². The standard InChI is InChI=1S/C31H21F2N7O/c32-21-8-4-7-18(11-21)23-9-10-35-29-27(23)37-30(38-29)28-24-13-19(14-25(33)26(24)39-40-28)20-12-22(16-34-15-20)36-31(41)17-5-2-1-3-6-17/h1-16,31,36,41H,(H,39,40)(H,35,37,38). The lowest BCUT2D eigenvalue weighted by Crippen LogP contribution is -2.09. The van der Waals surface area contributed by atoms with E-state index in [1.54, 1.807) is 48.9 Å². The Kier molecular flexibility index (Phi) is 5.94. The number of hydrogen-bond acceptors (Lipinski definition) is 6. The fourth-order valence-electron chi connectivity index (χ4n) is 4.89. The van der Waals surface area contributed by atoms with Crippen molar-refractivity contribution in [1.29, 1.82) is 0 Å². The van der Waals surface area contributed by atoms with E-state index in [1.807, 2.05) is 30.3 Å². The van der Waals surface area contributed by atoms with E-state index in [2.05, 4.69) is 30.5 Å². The van der Waals surface area contributed by atoms with E-state index >= 15 is 4.39 Å². The molecule has 0 amide bonds. The molecule has 0 aliphatic heterocycles. The summed E-state index contributed by atoms with van der Waals surface area (Å²) < 4.78 is 29.2. The molecule has 3 aromatic carbocycles. The van der Waals surface area contributed by atoms with E-state index in [9.17, 15) is 9.50 Å². The summed E-state index contributed by atoms with van der Waals surface area (Å²) in [7, 11) is 0. The van der Waals surface area contributed by atoms with Crippen molar-refractivity contribution in [1.82, 2.24) is 30.1 Å². The number of H-pyrrole nitrogens is 2. The summed E-state index contributed by atoms with van der Waals surface area (Å²) >= 11 is 0. The van der Waals surface area contributed by atoms with Crippen LogP contribution >= 0.6 is 0 Å². The van der Waals surface area contributed by atoms with E-state index in [0.29, 0.717) is 61.6 Å². The number of nitrogens with one attached hydrogen (secondary N) is 3. The number of rotatable bonds is 6. The van der Waals surface area contributed by atoms with Crippen molar-refractivity contribution in [3.8, 4) is 33.8 Å². The number of anilines is 1. The van der Waals surface area contributed by atoms with Gasteiger partial charge in [0.25, 0.3) is 0 Å². The Balaban J connectivity index is 1.28. The van der Waals surface area contributed by atoms with Gasteiger partial charge in [0.15, 0.2) is 17.7 Å². The topological polar surface area (TPSA) is 115 Å². The van der Waals surface area contributed by atoms with Crippen molar-refractivity contribution in [3.63, 3.8) is 0 Å². The average molecular weight is 546 g/mol. The third-order valence-electron chi connectivity index (χ3n) is 6.86. The van der Waals surface area contributed by atoms with Gasteiger partial charge in [-0.25, -0.2) is 18.7 Å². The summed E-state index contributed by atoms with van der Waals surface area (Å²) in [5, 5.41) is 21.2. The smallest absolute Gasteiger partial charge is 0.160 e. The number of benzene rings is 3. The minimum absolute atomic E-state index is 0.226. The Bertz CT molecular complexity index is 2040. The van der Waals surface area contributed by atoms with Crippen LogP contribution < -0.4 is 5.32 Å². The maximum absolute atomic E-state index is 15.3. The lowest BCUT2D eigenvalue weighted by Gasteiger charge is -2.15. The minimum atomic E-state index is -0.938. The molecule has 200 valence electrons. The van der Waals surface area contributed by atoms with E-state index in [-0.39, 0.29) is 11.3 Å². The Morgan fingerprint density at radius 2 is 1.73 bits per heavy atom. The summed E-state index contributed by atoms with van der Waals surface area (Å²) in [6.45, 7) is 0. The van der Waals surface area contributed by atoms with Gasteiger partial charge in [-0.3, -0.25) is 10.1 Å². The van der Waals surface area contributed by atoms with Crippen LogP contribution in [0, 0.1) is 11.6 Å². The van der Waals surface area contributed by atoms with Crippen LogP contribution in [-0.4, -0.2) is 35.2 Å². The first kappa shape index (κ1) is 24.6. The number of fused-ring (bicyclic) bond motifs is 2. The number of nitrogens with zero attached hydrogens (tertiary/aromatic N) is 4. The van der Waals surface area contributed by atoms with Crippen molar-refractivity contribution in [2.75, 3.05) is 5.32 Å². The van der Waals surface area contributed by atoms with Crippen LogP contribution in [0.2, 0.25) is 0 Å². The van der Waals surface area contributed by atoms with Crippen LogP contribution in [0.1, 0.15) is 11.8 Å². The summed E-state index contributed by atoms with van der Waals surface area (Å²) in [6.07, 6.45) is 3.89. The maximum atomic E-state index is 15.3. The van der Waals surface area contributed by atoms with Gasteiger partial charge in [0, 0.05) is 34.5 Å². The minimum Gasteiger partial charge on any atom is -0.369 e. The molecule has 7 aromatic rings. The van der Waals surface area contributed by atoms with Crippen LogP contribution in [0.25, 0.3) is 55.8 Å². The molecule has 8 nitrogen and oxygen atoms in total. The van der Waals surface area contributed by atoms with Gasteiger partial charge in [-0.15, -0.1) is 0 Å². The highest BCUT2D eigenvalue weighted by Gasteiger charge is 2.19. The third-order valence-corrected chi connectivity index (χ3v) is 6.86. The first-order valence-corrected chi connectivity index (χ1v) is 12.8. The van der Waals surface area contributed by atoms with Crippen molar-refractivity contribution in [2.45, 2.75) is 6.23 Å². The fourth-order valence-corrected chi connectivity index (χ4v) is 4.89. The molecule has 4 N–H and O–H groups in total. The van der Waals surface area contributed by atoms with Crippen LogP contribution in [0.4, 0.5) is 14.5 Å². The molecule has 0 fully saturated rings. The van der Waals surface area contributed by atoms with Gasteiger partial charge >= 0.3 is 0 Å². The quantitative estimate of drug-likeness (QED) is 0.175. The van der Waals surface area contributed by atoms with Gasteiger partial charge in [0.1, 0.15) is 28.4 Å². The Labute approximate surface area is 231 Å². The second-order valence-electron chi connectivity index (χ2n) is 9.52. The van der Waals surface area contributed by atoms with Gasteiger partial charge in [-0.2, -0.15) is 5.10 Å². The molecule has 4 aromatic heterocycles. The van der Waals surface area contributed by atoms with Crippen molar-refractivity contribution in [2.24, 2.45) is 0 Å². The first-order chi connectivity index (χ1) is 20.0. The molecule has 7 rings (SSSR count). The van der Waals surface area contributed by atoms with E-state index in [1.165, 1.54) is 18.2 Å². The average Bonchev–Trinajstić information content (AvgIpc) is 3.62. The van der Waals surface area contributed by atoms with E-state index < -0.39 is 12.0 Å². The molecule has 0 aliphatic rings. The zero-order chi connectivity index (χ0) is 27.9. The second-order valence-corrected chi connectivity index (χ2v) is 9.52. The van der Waals surface area contributed by atoms with Gasteiger partial charge < -0.3 is 15.4 Å². The zero-order valence-electron chi connectivity index (χ0n) is 21.3. The summed E-state index contributed by atoms with van der Waals surface area (Å²) in [5.74, 6) is -0.458. The predicted molar refractivity (Wildman–Crippen MR) is 153 cm³/mol. The Hall–Kier alpha value is -5.48. The SMILES string of the molecule is OC(Nc1cncc(-c2cc(F)c3[nH]nc(-c4nc5c(-c6cccc(F)c6)ccnc5[nH]4)c3c2)c1)c1ccccc1. The van der Waals surface area contributed by atoms with Crippen LogP contribution in [0.15, 0.2) is 97.5 Å². The Morgan fingerprint density at radius 3 is 2.59 bits per heavy atom. The number of aromatic nitrogens is 6. The molecule has 0 saturated heterocycles. The van der Waals surface area contributed by atoms with Gasteiger partial charge in [-0.1, -0.05) is 42.5 Å². The first-order valence-electron chi connectivity index (χ1n) is 12.8. The summed E-state index contributed by atoms with van der Waals surface area (Å²) in [5.41, 5.74) is 5.52. The van der Waals surface area contributed by atoms with Gasteiger partial charge in [0.05, 0.1) is 11.9 Å². The molecule has 0 aliphatic carbocycles. The third kappa shape index (κ3) is 4.56. The number of imidazole rings is 1. The lowest BCUT2D eigenvalue weighted by molar-refractivity contribution is 0.208. The summed E-state index contributed by atoms with van der Waals surface area (Å²) in [6, 6.07) is 22.2. The highest BCUT2D eigenvalue weighted by Crippen LogP contribution is 2.34. The highest BCUT2D eigenvalue weighted by atomic mass is 19.1. The molecular formula is C31H21F2N7O. The molecule has 0 spiro atoms. The van der Waals surface area contributed by atoms with E-state index in [0.717, 1.165) is 0 Å². The van der Waals surface area contributed by atoms with Gasteiger partial charge in [0.2, 0.25) is 0 Å². The second kappa shape index (κ2) is 9.92. The fraction of sp³-hybridized carbons (Fsp3) is 0.0323. The largest absolute Gasteiger partial charge is 0.369 e. The molecule has 0 bridgehead atoms. The maximum Gasteiger partial charge on any atom is 0.160 e. The molecule has 4 heterocycles. The van der Waals surface area contributed by atoms with Crippen LogP contribution in [0.3, 0.4) is 0 Å². The van der Waals surface area contributed by atoms with Crippen LogP contribution in [0.5, 0.6) is 0 Å². The number of aromatic amines is 2. The summed E-state index contributed by atoms with van der Waals surface area (Å²) in [4.78, 5) is 16.6. The lowest BCUT2D eigenvalue weighted by atomic mass is 10.0. The normalized spacial score (nSPS) is 12.2. The van der Waals surface area contributed by atoms with Gasteiger partial charge in [-0.05, 0) is 47.5 Å².